The summed E-state index contributed by atoms with van der Waals surface area (Å²) in [5.41, 5.74) is 1.12. The van der Waals surface area contributed by atoms with Crippen LogP contribution < -0.4 is 5.32 Å². The predicted molar refractivity (Wildman–Crippen MR) is 82.0 cm³/mol. The third kappa shape index (κ3) is 2.56. The van der Waals surface area contributed by atoms with Gasteiger partial charge in [-0.1, -0.05) is 23.7 Å². The van der Waals surface area contributed by atoms with Gasteiger partial charge in [-0.15, -0.1) is 0 Å². The average molecular weight is 306 g/mol. The molecule has 0 spiro atoms. The Kier molecular flexibility index (Phi) is 3.40. The number of amides is 1. The zero-order chi connectivity index (χ0) is 14.4. The standard InChI is InChI=1S/C16H20ClN3O/c17-12-3-1-11(2-4-12)16-18-9-15(21)20(16)14-7-8-19(10-14)13-5-6-13/h1-4,13-14,16,18H,5-10H2. The fourth-order valence-corrected chi connectivity index (χ4v) is 3.75. The minimum Gasteiger partial charge on any atom is -0.317 e. The molecule has 0 bridgehead atoms. The topological polar surface area (TPSA) is 35.6 Å². The monoisotopic (exact) mass is 305 g/mol. The molecule has 4 rings (SSSR count). The van der Waals surface area contributed by atoms with E-state index in [-0.39, 0.29) is 12.1 Å². The van der Waals surface area contributed by atoms with Crippen LogP contribution in [0.2, 0.25) is 5.02 Å². The lowest BCUT2D eigenvalue weighted by Crippen LogP contribution is -2.41. The van der Waals surface area contributed by atoms with Gasteiger partial charge >= 0.3 is 0 Å². The van der Waals surface area contributed by atoms with E-state index >= 15 is 0 Å². The summed E-state index contributed by atoms with van der Waals surface area (Å²) in [6, 6.07) is 8.94. The van der Waals surface area contributed by atoms with Crippen molar-refractivity contribution in [3.05, 3.63) is 34.9 Å². The third-order valence-electron chi connectivity index (χ3n) is 4.85. The molecule has 1 aromatic carbocycles. The van der Waals surface area contributed by atoms with Gasteiger partial charge in [0.05, 0.1) is 6.54 Å². The van der Waals surface area contributed by atoms with Gasteiger partial charge in [-0.2, -0.15) is 0 Å². The molecular weight excluding hydrogens is 286 g/mol. The number of benzene rings is 1. The minimum absolute atomic E-state index is 0.00100. The Labute approximate surface area is 130 Å². The Balaban J connectivity index is 1.53. The van der Waals surface area contributed by atoms with Crippen LogP contribution in [0.1, 0.15) is 31.0 Å². The van der Waals surface area contributed by atoms with Gasteiger partial charge in [-0.05, 0) is 37.0 Å². The quantitative estimate of drug-likeness (QED) is 0.928. The molecule has 1 saturated carbocycles. The molecule has 2 saturated heterocycles. The normalized spacial score (nSPS) is 30.3. The van der Waals surface area contributed by atoms with Crippen LogP contribution >= 0.6 is 11.6 Å². The number of halogens is 1. The number of carbonyl (C=O) groups is 1. The van der Waals surface area contributed by atoms with Crippen LogP contribution in [0, 0.1) is 0 Å². The molecule has 2 atom stereocenters. The van der Waals surface area contributed by atoms with E-state index < -0.39 is 0 Å². The van der Waals surface area contributed by atoms with Gasteiger partial charge in [-0.25, -0.2) is 0 Å². The number of likely N-dealkylation sites (tertiary alicyclic amines) is 1. The highest BCUT2D eigenvalue weighted by Gasteiger charge is 2.42. The third-order valence-corrected chi connectivity index (χ3v) is 5.10. The van der Waals surface area contributed by atoms with Crippen molar-refractivity contribution >= 4 is 17.5 Å². The van der Waals surface area contributed by atoms with Crippen LogP contribution in [0.3, 0.4) is 0 Å². The molecule has 3 fully saturated rings. The Hall–Kier alpha value is -1.10. The van der Waals surface area contributed by atoms with Crippen LogP contribution in [0.5, 0.6) is 0 Å². The summed E-state index contributed by atoms with van der Waals surface area (Å²) >= 11 is 5.96. The van der Waals surface area contributed by atoms with Crippen molar-refractivity contribution < 1.29 is 4.79 Å². The number of nitrogens with one attached hydrogen (secondary N) is 1. The lowest BCUT2D eigenvalue weighted by Gasteiger charge is -2.30. The Morgan fingerprint density at radius 1 is 1.10 bits per heavy atom. The zero-order valence-corrected chi connectivity index (χ0v) is 12.7. The maximum Gasteiger partial charge on any atom is 0.238 e. The second kappa shape index (κ2) is 5.27. The smallest absolute Gasteiger partial charge is 0.238 e. The van der Waals surface area contributed by atoms with Gasteiger partial charge in [-0.3, -0.25) is 15.0 Å². The van der Waals surface area contributed by atoms with E-state index in [2.05, 4.69) is 15.1 Å². The molecule has 0 radical (unpaired) electrons. The van der Waals surface area contributed by atoms with Crippen LogP contribution in [-0.2, 0) is 4.79 Å². The molecule has 2 heterocycles. The SMILES string of the molecule is O=C1CNC(c2ccc(Cl)cc2)N1C1CCN(C2CC2)C1. The van der Waals surface area contributed by atoms with Crippen LogP contribution in [0.4, 0.5) is 0 Å². The predicted octanol–water partition coefficient (Wildman–Crippen LogP) is 2.01. The summed E-state index contributed by atoms with van der Waals surface area (Å²) in [6.07, 6.45) is 3.76. The number of hydrogen-bond donors (Lipinski definition) is 1. The second-order valence-electron chi connectivity index (χ2n) is 6.30. The Bertz CT molecular complexity index is 543. The van der Waals surface area contributed by atoms with E-state index in [0.29, 0.717) is 12.6 Å². The van der Waals surface area contributed by atoms with E-state index in [4.69, 9.17) is 11.6 Å². The molecule has 0 aromatic heterocycles. The maximum absolute atomic E-state index is 12.3. The summed E-state index contributed by atoms with van der Waals surface area (Å²) in [5, 5.41) is 4.08. The molecule has 3 aliphatic rings. The highest BCUT2D eigenvalue weighted by atomic mass is 35.5. The maximum atomic E-state index is 12.3. The number of hydrogen-bond acceptors (Lipinski definition) is 3. The highest BCUT2D eigenvalue weighted by molar-refractivity contribution is 6.30. The van der Waals surface area contributed by atoms with Gasteiger partial charge in [0, 0.05) is 30.2 Å². The van der Waals surface area contributed by atoms with Gasteiger partial charge in [0.25, 0.3) is 0 Å². The second-order valence-corrected chi connectivity index (χ2v) is 6.74. The first-order chi connectivity index (χ1) is 10.2. The molecule has 21 heavy (non-hydrogen) atoms. The molecular formula is C16H20ClN3O. The van der Waals surface area contributed by atoms with E-state index in [1.54, 1.807) is 0 Å². The van der Waals surface area contributed by atoms with Crippen LogP contribution in [0.15, 0.2) is 24.3 Å². The van der Waals surface area contributed by atoms with Crippen molar-refractivity contribution in [1.82, 2.24) is 15.1 Å². The van der Waals surface area contributed by atoms with Crippen molar-refractivity contribution in [3.63, 3.8) is 0 Å². The van der Waals surface area contributed by atoms with E-state index in [9.17, 15) is 4.79 Å². The molecule has 1 aromatic rings. The lowest BCUT2D eigenvalue weighted by molar-refractivity contribution is -0.130. The van der Waals surface area contributed by atoms with E-state index in [0.717, 1.165) is 36.1 Å². The average Bonchev–Trinajstić information content (AvgIpc) is 3.10. The first-order valence-corrected chi connectivity index (χ1v) is 8.14. The highest BCUT2D eigenvalue weighted by Crippen LogP contribution is 2.34. The molecule has 2 aliphatic heterocycles. The van der Waals surface area contributed by atoms with Crippen molar-refractivity contribution in [1.29, 1.82) is 0 Å². The molecule has 1 aliphatic carbocycles. The zero-order valence-electron chi connectivity index (χ0n) is 12.0. The summed E-state index contributed by atoms with van der Waals surface area (Å²) in [4.78, 5) is 16.9. The molecule has 1 amide bonds. The molecule has 112 valence electrons. The number of nitrogens with zero attached hydrogens (tertiary/aromatic N) is 2. The summed E-state index contributed by atoms with van der Waals surface area (Å²) in [6.45, 7) is 2.60. The molecule has 5 heteroatoms. The minimum atomic E-state index is -0.00100. The first kappa shape index (κ1) is 13.6. The van der Waals surface area contributed by atoms with Crippen molar-refractivity contribution in [2.75, 3.05) is 19.6 Å². The number of rotatable bonds is 3. The largest absolute Gasteiger partial charge is 0.317 e. The summed E-state index contributed by atoms with van der Waals surface area (Å²) in [5.74, 6) is 0.220. The van der Waals surface area contributed by atoms with Crippen LogP contribution in [-0.4, -0.2) is 47.4 Å². The van der Waals surface area contributed by atoms with Gasteiger partial charge in [0.2, 0.25) is 5.91 Å². The summed E-state index contributed by atoms with van der Waals surface area (Å²) < 4.78 is 0. The first-order valence-electron chi connectivity index (χ1n) is 7.76. The van der Waals surface area contributed by atoms with Crippen molar-refractivity contribution in [2.24, 2.45) is 0 Å². The number of carbonyl (C=O) groups excluding carboxylic acids is 1. The van der Waals surface area contributed by atoms with Gasteiger partial charge in [0.15, 0.2) is 0 Å². The Morgan fingerprint density at radius 3 is 2.57 bits per heavy atom. The van der Waals surface area contributed by atoms with E-state index in [1.165, 1.54) is 12.8 Å². The fraction of sp³-hybridized carbons (Fsp3) is 0.562. The lowest BCUT2D eigenvalue weighted by atomic mass is 10.1. The molecule has 4 nitrogen and oxygen atoms in total. The van der Waals surface area contributed by atoms with Crippen molar-refractivity contribution in [3.8, 4) is 0 Å². The molecule has 2 unspecified atom stereocenters. The van der Waals surface area contributed by atoms with Gasteiger partial charge < -0.3 is 4.90 Å². The van der Waals surface area contributed by atoms with Gasteiger partial charge in [0.1, 0.15) is 6.17 Å². The molecule has 1 N–H and O–H groups in total. The summed E-state index contributed by atoms with van der Waals surface area (Å²) in [7, 11) is 0. The fourth-order valence-electron chi connectivity index (χ4n) is 3.62. The van der Waals surface area contributed by atoms with Crippen molar-refractivity contribution in [2.45, 2.75) is 37.5 Å². The Morgan fingerprint density at radius 2 is 1.86 bits per heavy atom. The van der Waals surface area contributed by atoms with E-state index in [1.807, 2.05) is 24.3 Å². The van der Waals surface area contributed by atoms with Crippen LogP contribution in [0.25, 0.3) is 0 Å².